The Kier molecular flexibility index (Phi) is 6.61. The van der Waals surface area contributed by atoms with Crippen molar-refractivity contribution in [2.45, 2.75) is 51.4 Å². The van der Waals surface area contributed by atoms with E-state index in [0.29, 0.717) is 6.42 Å². The first-order chi connectivity index (χ1) is 17.6. The standard InChI is InChI=1S/C30H36N5O/c36-29(19-30-16-21-13-22(17-30)15-23(14-21)18-30)35-27-7-3-6-26-25(27)8-9-28(34-26)33-12-4-10-31-20-24-5-1-2-11-32-24/h1-3,5-9,11,20-23,31H,4,10,12-19H2,(H,33,34)(H,35,36). The second-order valence-corrected chi connectivity index (χ2v) is 11.3. The number of nitrogens with zero attached hydrogens (tertiary/aromatic N) is 2. The van der Waals surface area contributed by atoms with E-state index >= 15 is 0 Å². The van der Waals surface area contributed by atoms with Gasteiger partial charge in [0.05, 0.1) is 23.4 Å². The molecule has 1 amide bonds. The van der Waals surface area contributed by atoms with Crippen LogP contribution in [0.5, 0.6) is 0 Å². The third-order valence-corrected chi connectivity index (χ3v) is 8.45. The number of anilines is 2. The third kappa shape index (κ3) is 5.24. The molecule has 2 aromatic heterocycles. The first kappa shape index (κ1) is 23.4. The second-order valence-electron chi connectivity index (χ2n) is 11.3. The number of nitrogens with one attached hydrogen (secondary N) is 3. The normalized spacial score (nSPS) is 26.3. The summed E-state index contributed by atoms with van der Waals surface area (Å²) in [6.45, 7) is 3.62. The first-order valence-electron chi connectivity index (χ1n) is 13.6. The van der Waals surface area contributed by atoms with Crippen LogP contribution in [0, 0.1) is 29.7 Å². The number of carbonyl (C=O) groups excluding carboxylic acids is 1. The van der Waals surface area contributed by atoms with Crippen LogP contribution < -0.4 is 16.0 Å². The molecule has 2 heterocycles. The van der Waals surface area contributed by atoms with Crippen LogP contribution in [-0.2, 0) is 4.79 Å². The highest BCUT2D eigenvalue weighted by atomic mass is 16.1. The van der Waals surface area contributed by atoms with E-state index in [9.17, 15) is 4.79 Å². The lowest BCUT2D eigenvalue weighted by molar-refractivity contribution is -0.124. The molecule has 1 aromatic carbocycles. The van der Waals surface area contributed by atoms with E-state index in [1.165, 1.54) is 38.5 Å². The van der Waals surface area contributed by atoms with Crippen LogP contribution in [0.15, 0.2) is 54.7 Å². The van der Waals surface area contributed by atoms with Gasteiger partial charge >= 0.3 is 0 Å². The maximum atomic E-state index is 13.2. The number of carbonyl (C=O) groups is 1. The molecule has 4 aliphatic carbocycles. The Balaban J connectivity index is 1.02. The number of hydrogen-bond donors (Lipinski definition) is 3. The van der Waals surface area contributed by atoms with Crippen molar-refractivity contribution in [2.24, 2.45) is 23.2 Å². The molecule has 36 heavy (non-hydrogen) atoms. The molecule has 3 N–H and O–H groups in total. The van der Waals surface area contributed by atoms with Gasteiger partial charge in [0.1, 0.15) is 5.82 Å². The van der Waals surface area contributed by atoms with Crippen LogP contribution in [0.3, 0.4) is 0 Å². The molecule has 4 fully saturated rings. The summed E-state index contributed by atoms with van der Waals surface area (Å²) >= 11 is 0. The van der Waals surface area contributed by atoms with E-state index in [1.54, 1.807) is 6.20 Å². The van der Waals surface area contributed by atoms with Crippen LogP contribution in [0.25, 0.3) is 10.9 Å². The number of hydrogen-bond acceptors (Lipinski definition) is 5. The lowest BCUT2D eigenvalue weighted by Crippen LogP contribution is -2.47. The van der Waals surface area contributed by atoms with Crippen molar-refractivity contribution in [1.82, 2.24) is 15.3 Å². The Morgan fingerprint density at radius 3 is 2.50 bits per heavy atom. The van der Waals surface area contributed by atoms with Crippen molar-refractivity contribution in [1.29, 1.82) is 0 Å². The minimum absolute atomic E-state index is 0.168. The van der Waals surface area contributed by atoms with Crippen LogP contribution >= 0.6 is 0 Å². The molecule has 6 nitrogen and oxygen atoms in total. The molecule has 187 valence electrons. The fourth-order valence-electron chi connectivity index (χ4n) is 7.45. The van der Waals surface area contributed by atoms with Gasteiger partial charge in [-0.1, -0.05) is 12.1 Å². The number of aromatic nitrogens is 2. The van der Waals surface area contributed by atoms with Crippen molar-refractivity contribution in [3.63, 3.8) is 0 Å². The van der Waals surface area contributed by atoms with Crippen LogP contribution in [-0.4, -0.2) is 29.0 Å². The lowest BCUT2D eigenvalue weighted by atomic mass is 9.49. The molecule has 1 radical (unpaired) electrons. The Bertz CT molecular complexity index is 1180. The molecule has 4 aliphatic rings. The number of amides is 1. The van der Waals surface area contributed by atoms with Gasteiger partial charge in [0, 0.05) is 24.5 Å². The summed E-state index contributed by atoms with van der Waals surface area (Å²) in [7, 11) is 0. The fraction of sp³-hybridized carbons (Fsp3) is 0.467. The van der Waals surface area contributed by atoms with E-state index < -0.39 is 0 Å². The molecule has 7 rings (SSSR count). The SMILES string of the molecule is O=C(CC12CC3CC(CC(C3)C1)C2)Nc1cccc2nc(NCCCN[CH]c3ccccn3)ccc12. The zero-order valence-corrected chi connectivity index (χ0v) is 20.9. The minimum Gasteiger partial charge on any atom is -0.370 e. The smallest absolute Gasteiger partial charge is 0.224 e. The van der Waals surface area contributed by atoms with E-state index in [-0.39, 0.29) is 11.3 Å². The van der Waals surface area contributed by atoms with Crippen LogP contribution in [0.2, 0.25) is 0 Å². The molecule has 4 bridgehead atoms. The summed E-state index contributed by atoms with van der Waals surface area (Å²) in [6, 6.07) is 15.9. The molecule has 3 aromatic rings. The van der Waals surface area contributed by atoms with Crippen molar-refractivity contribution < 1.29 is 4.79 Å². The zero-order chi connectivity index (χ0) is 24.4. The summed E-state index contributed by atoms with van der Waals surface area (Å²) in [5.41, 5.74) is 2.95. The van der Waals surface area contributed by atoms with Crippen molar-refractivity contribution in [3.05, 3.63) is 67.0 Å². The van der Waals surface area contributed by atoms with Gasteiger partial charge in [0.25, 0.3) is 0 Å². The topological polar surface area (TPSA) is 78.9 Å². The van der Waals surface area contributed by atoms with Gasteiger partial charge in [-0.3, -0.25) is 9.78 Å². The van der Waals surface area contributed by atoms with Gasteiger partial charge < -0.3 is 16.0 Å². The van der Waals surface area contributed by atoms with E-state index in [0.717, 1.165) is 65.4 Å². The lowest BCUT2D eigenvalue weighted by Gasteiger charge is -2.56. The molecular weight excluding hydrogens is 446 g/mol. The highest BCUT2D eigenvalue weighted by Gasteiger charge is 2.51. The molecule has 0 aliphatic heterocycles. The van der Waals surface area contributed by atoms with Gasteiger partial charge in [-0.05, 0) is 111 Å². The Morgan fingerprint density at radius 2 is 1.75 bits per heavy atom. The average Bonchev–Trinajstić information content (AvgIpc) is 2.85. The quantitative estimate of drug-likeness (QED) is 0.320. The highest BCUT2D eigenvalue weighted by Crippen LogP contribution is 2.61. The number of fused-ring (bicyclic) bond motifs is 1. The summed E-state index contributed by atoms with van der Waals surface area (Å²) in [6.07, 6.45) is 11.4. The average molecular weight is 483 g/mol. The van der Waals surface area contributed by atoms with Crippen LogP contribution in [0.1, 0.15) is 57.1 Å². The number of benzene rings is 1. The summed E-state index contributed by atoms with van der Waals surface area (Å²) < 4.78 is 0. The monoisotopic (exact) mass is 482 g/mol. The molecule has 0 spiro atoms. The second kappa shape index (κ2) is 10.2. The molecule has 0 atom stereocenters. The predicted octanol–water partition coefficient (Wildman–Crippen LogP) is 5.78. The van der Waals surface area contributed by atoms with Gasteiger partial charge in [-0.2, -0.15) is 0 Å². The number of rotatable bonds is 10. The van der Waals surface area contributed by atoms with Crippen molar-refractivity contribution in [2.75, 3.05) is 23.7 Å². The van der Waals surface area contributed by atoms with Gasteiger partial charge in [-0.25, -0.2) is 4.98 Å². The molecule has 4 saturated carbocycles. The summed E-state index contributed by atoms with van der Waals surface area (Å²) in [5, 5.41) is 11.0. The molecule has 0 saturated heterocycles. The maximum Gasteiger partial charge on any atom is 0.224 e. The van der Waals surface area contributed by atoms with Gasteiger partial charge in [-0.15, -0.1) is 0 Å². The summed E-state index contributed by atoms with van der Waals surface area (Å²) in [4.78, 5) is 22.2. The predicted molar refractivity (Wildman–Crippen MR) is 144 cm³/mol. The first-order valence-corrected chi connectivity index (χ1v) is 13.6. The molecular formula is C30H36N5O. The van der Waals surface area contributed by atoms with Gasteiger partial charge in [0.2, 0.25) is 5.91 Å². The summed E-state index contributed by atoms with van der Waals surface area (Å²) in [5.74, 6) is 3.62. The molecule has 6 heteroatoms. The van der Waals surface area contributed by atoms with E-state index in [4.69, 9.17) is 4.98 Å². The van der Waals surface area contributed by atoms with Crippen LogP contribution in [0.4, 0.5) is 11.5 Å². The maximum absolute atomic E-state index is 13.2. The fourth-order valence-corrected chi connectivity index (χ4v) is 7.45. The third-order valence-electron chi connectivity index (χ3n) is 8.45. The highest BCUT2D eigenvalue weighted by molar-refractivity contribution is 6.01. The zero-order valence-electron chi connectivity index (χ0n) is 20.9. The van der Waals surface area contributed by atoms with E-state index in [1.807, 2.05) is 49.0 Å². The molecule has 0 unspecified atom stereocenters. The van der Waals surface area contributed by atoms with Crippen molar-refractivity contribution in [3.8, 4) is 0 Å². The Labute approximate surface area is 213 Å². The van der Waals surface area contributed by atoms with Gasteiger partial charge in [0.15, 0.2) is 0 Å². The van der Waals surface area contributed by atoms with E-state index in [2.05, 4.69) is 27.0 Å². The minimum atomic E-state index is 0.168. The Morgan fingerprint density at radius 1 is 0.944 bits per heavy atom. The van der Waals surface area contributed by atoms with Crippen molar-refractivity contribution >= 4 is 28.3 Å². The number of pyridine rings is 2. The Hall–Kier alpha value is -2.99. The largest absolute Gasteiger partial charge is 0.370 e.